The van der Waals surface area contributed by atoms with Gasteiger partial charge in [0.15, 0.2) is 5.69 Å². The maximum atomic E-state index is 12.3. The molecule has 0 spiro atoms. The minimum Gasteiger partial charge on any atom is -0.327 e. The molecule has 25 heavy (non-hydrogen) atoms. The van der Waals surface area contributed by atoms with Crippen LogP contribution in [0.3, 0.4) is 0 Å². The van der Waals surface area contributed by atoms with Gasteiger partial charge in [-0.2, -0.15) is 0 Å². The number of benzene rings is 2. The number of carbonyl (C=O) groups is 1. The first kappa shape index (κ1) is 17.2. The van der Waals surface area contributed by atoms with Gasteiger partial charge in [-0.15, -0.1) is 0 Å². The van der Waals surface area contributed by atoms with E-state index in [1.807, 2.05) is 6.07 Å². The Kier molecular flexibility index (Phi) is 5.50. The number of amides is 1. The highest BCUT2D eigenvalue weighted by atomic mass is 16.1. The normalized spacial score (nSPS) is 19.8. The molecule has 1 fully saturated rings. The number of carbonyl (C=O) groups excluding carboxylic acids is 1. The summed E-state index contributed by atoms with van der Waals surface area (Å²) in [5.74, 6) is 1.15. The molecule has 0 bridgehead atoms. The van der Waals surface area contributed by atoms with Crippen LogP contribution in [0.15, 0.2) is 48.5 Å². The Labute approximate surface area is 149 Å². The Morgan fingerprint density at radius 2 is 1.84 bits per heavy atom. The molecule has 0 atom stereocenters. The lowest BCUT2D eigenvalue weighted by Gasteiger charge is -2.28. The van der Waals surface area contributed by atoms with E-state index in [9.17, 15) is 4.79 Å². The van der Waals surface area contributed by atoms with Gasteiger partial charge in [-0.1, -0.05) is 42.0 Å². The maximum Gasteiger partial charge on any atom is 0.224 e. The summed E-state index contributed by atoms with van der Waals surface area (Å²) in [5.41, 5.74) is 4.00. The fourth-order valence-corrected chi connectivity index (χ4v) is 3.67. The van der Waals surface area contributed by atoms with E-state index in [4.69, 9.17) is 6.57 Å². The van der Waals surface area contributed by atoms with E-state index in [1.54, 1.807) is 18.2 Å². The molecule has 0 heterocycles. The monoisotopic (exact) mass is 332 g/mol. The molecule has 3 rings (SSSR count). The van der Waals surface area contributed by atoms with Crippen molar-refractivity contribution in [3.8, 4) is 0 Å². The van der Waals surface area contributed by atoms with Crippen LogP contribution in [0.4, 0.5) is 11.4 Å². The second-order valence-corrected chi connectivity index (χ2v) is 7.04. The van der Waals surface area contributed by atoms with Gasteiger partial charge in [0, 0.05) is 12.1 Å². The highest BCUT2D eigenvalue weighted by molar-refractivity contribution is 5.91. The summed E-state index contributed by atoms with van der Waals surface area (Å²) in [6, 6.07) is 16.0. The molecule has 1 saturated carbocycles. The fraction of sp³-hybridized carbons (Fsp3) is 0.364. The Balaban J connectivity index is 1.49. The van der Waals surface area contributed by atoms with E-state index in [1.165, 1.54) is 11.1 Å². The zero-order chi connectivity index (χ0) is 17.6. The van der Waals surface area contributed by atoms with Crippen molar-refractivity contribution in [2.45, 2.75) is 44.9 Å². The van der Waals surface area contributed by atoms with Crippen molar-refractivity contribution in [2.24, 2.45) is 5.92 Å². The van der Waals surface area contributed by atoms with E-state index in [-0.39, 0.29) is 5.91 Å². The van der Waals surface area contributed by atoms with Gasteiger partial charge in [0.2, 0.25) is 5.91 Å². The number of nitrogens with one attached hydrogen (secondary N) is 1. The fourth-order valence-electron chi connectivity index (χ4n) is 3.67. The summed E-state index contributed by atoms with van der Waals surface area (Å²) in [5, 5.41) is 2.93. The smallest absolute Gasteiger partial charge is 0.224 e. The van der Waals surface area contributed by atoms with Gasteiger partial charge in [-0.05, 0) is 62.1 Å². The second kappa shape index (κ2) is 7.98. The number of anilines is 1. The summed E-state index contributed by atoms with van der Waals surface area (Å²) >= 11 is 0. The van der Waals surface area contributed by atoms with Crippen molar-refractivity contribution in [3.05, 3.63) is 71.1 Å². The molecule has 128 valence electrons. The Hall–Kier alpha value is -2.60. The number of nitrogens with zero attached hydrogens (tertiary/aromatic N) is 1. The Morgan fingerprint density at radius 1 is 1.12 bits per heavy atom. The zero-order valence-electron chi connectivity index (χ0n) is 14.7. The van der Waals surface area contributed by atoms with Gasteiger partial charge in [0.25, 0.3) is 0 Å². The van der Waals surface area contributed by atoms with Crippen LogP contribution in [0.25, 0.3) is 4.85 Å². The average molecular weight is 332 g/mol. The van der Waals surface area contributed by atoms with Gasteiger partial charge < -0.3 is 5.32 Å². The highest BCUT2D eigenvalue weighted by Crippen LogP contribution is 2.37. The number of rotatable bonds is 4. The van der Waals surface area contributed by atoms with Gasteiger partial charge in [-0.3, -0.25) is 4.79 Å². The quantitative estimate of drug-likeness (QED) is 0.700. The van der Waals surface area contributed by atoms with Gasteiger partial charge in [-0.25, -0.2) is 4.85 Å². The SMILES string of the molecule is [C-]#[N+]c1cccc(NC(=O)CC2CCC(c3ccc(C)cc3)CC2)c1. The summed E-state index contributed by atoms with van der Waals surface area (Å²) in [6.45, 7) is 9.16. The van der Waals surface area contributed by atoms with E-state index in [2.05, 4.69) is 41.4 Å². The molecule has 0 saturated heterocycles. The first-order valence-corrected chi connectivity index (χ1v) is 8.98. The van der Waals surface area contributed by atoms with Gasteiger partial charge in [0.05, 0.1) is 6.57 Å². The molecule has 1 N–H and O–H groups in total. The molecular weight excluding hydrogens is 308 g/mol. The number of hydrogen-bond acceptors (Lipinski definition) is 1. The second-order valence-electron chi connectivity index (χ2n) is 7.04. The lowest BCUT2D eigenvalue weighted by molar-refractivity contribution is -0.117. The van der Waals surface area contributed by atoms with Gasteiger partial charge in [0.1, 0.15) is 0 Å². The van der Waals surface area contributed by atoms with Crippen molar-refractivity contribution in [2.75, 3.05) is 5.32 Å². The molecule has 2 aromatic carbocycles. The molecule has 2 aromatic rings. The van der Waals surface area contributed by atoms with Crippen LogP contribution < -0.4 is 5.32 Å². The third-order valence-electron chi connectivity index (χ3n) is 5.13. The summed E-state index contributed by atoms with van der Waals surface area (Å²) in [7, 11) is 0. The van der Waals surface area contributed by atoms with Crippen LogP contribution in [0, 0.1) is 19.4 Å². The molecule has 1 aliphatic carbocycles. The van der Waals surface area contributed by atoms with Crippen LogP contribution in [-0.2, 0) is 4.79 Å². The maximum absolute atomic E-state index is 12.3. The number of aryl methyl sites for hydroxylation is 1. The molecule has 0 unspecified atom stereocenters. The van der Waals surface area contributed by atoms with Crippen LogP contribution in [-0.4, -0.2) is 5.91 Å². The topological polar surface area (TPSA) is 33.5 Å². The van der Waals surface area contributed by atoms with Crippen molar-refractivity contribution < 1.29 is 4.79 Å². The Morgan fingerprint density at radius 3 is 2.52 bits per heavy atom. The molecule has 1 aliphatic rings. The molecule has 3 nitrogen and oxygen atoms in total. The molecule has 1 amide bonds. The molecule has 3 heteroatoms. The first-order chi connectivity index (χ1) is 12.1. The molecule has 0 aromatic heterocycles. The van der Waals surface area contributed by atoms with Crippen molar-refractivity contribution >= 4 is 17.3 Å². The minimum atomic E-state index is 0.0564. The minimum absolute atomic E-state index is 0.0564. The summed E-state index contributed by atoms with van der Waals surface area (Å²) < 4.78 is 0. The van der Waals surface area contributed by atoms with Crippen LogP contribution in [0.2, 0.25) is 0 Å². The van der Waals surface area contributed by atoms with E-state index >= 15 is 0 Å². The third-order valence-corrected chi connectivity index (χ3v) is 5.13. The van der Waals surface area contributed by atoms with Gasteiger partial charge >= 0.3 is 0 Å². The standard InChI is InChI=1S/C22H24N2O/c1-16-6-10-18(11-7-16)19-12-8-17(9-13-19)14-22(25)24-21-5-3-4-20(15-21)23-2/h3-7,10-11,15,17,19H,8-9,12-14H2,1H3,(H,24,25). The molecule has 0 aliphatic heterocycles. The molecular formula is C22H24N2O. The summed E-state index contributed by atoms with van der Waals surface area (Å²) in [4.78, 5) is 15.7. The zero-order valence-corrected chi connectivity index (χ0v) is 14.7. The van der Waals surface area contributed by atoms with E-state index in [0.717, 1.165) is 25.7 Å². The third kappa shape index (κ3) is 4.70. The van der Waals surface area contributed by atoms with Crippen LogP contribution in [0.1, 0.15) is 49.1 Å². The lowest BCUT2D eigenvalue weighted by Crippen LogP contribution is -2.20. The lowest BCUT2D eigenvalue weighted by atomic mass is 9.77. The van der Waals surface area contributed by atoms with Crippen molar-refractivity contribution in [1.29, 1.82) is 0 Å². The predicted octanol–water partition coefficient (Wildman–Crippen LogP) is 5.85. The predicted molar refractivity (Wildman–Crippen MR) is 102 cm³/mol. The van der Waals surface area contributed by atoms with Crippen molar-refractivity contribution in [3.63, 3.8) is 0 Å². The van der Waals surface area contributed by atoms with E-state index in [0.29, 0.717) is 29.6 Å². The average Bonchev–Trinajstić information content (AvgIpc) is 2.63. The first-order valence-electron chi connectivity index (χ1n) is 8.98. The Bertz CT molecular complexity index is 765. The van der Waals surface area contributed by atoms with Crippen molar-refractivity contribution in [1.82, 2.24) is 0 Å². The van der Waals surface area contributed by atoms with Crippen LogP contribution in [0.5, 0.6) is 0 Å². The summed E-state index contributed by atoms with van der Waals surface area (Å²) in [6.07, 6.45) is 5.10. The number of hydrogen-bond donors (Lipinski definition) is 1. The van der Waals surface area contributed by atoms with E-state index < -0.39 is 0 Å². The largest absolute Gasteiger partial charge is 0.327 e. The molecule has 0 radical (unpaired) electrons. The highest BCUT2D eigenvalue weighted by Gasteiger charge is 2.24. The van der Waals surface area contributed by atoms with Crippen LogP contribution >= 0.6 is 0 Å².